The summed E-state index contributed by atoms with van der Waals surface area (Å²) in [5.41, 5.74) is 6.03. The average molecular weight is 491 g/mol. The predicted molar refractivity (Wildman–Crippen MR) is 142 cm³/mol. The molecule has 1 N–H and O–H groups in total. The monoisotopic (exact) mass is 490 g/mol. The minimum absolute atomic E-state index is 0.350. The third kappa shape index (κ3) is 7.77. The van der Waals surface area contributed by atoms with Gasteiger partial charge in [0.2, 0.25) is 0 Å². The molecule has 0 aliphatic heterocycles. The molecule has 0 unspecified atom stereocenters. The summed E-state index contributed by atoms with van der Waals surface area (Å²) in [4.78, 5) is 12.6. The van der Waals surface area contributed by atoms with Crippen molar-refractivity contribution in [2.75, 3.05) is 19.8 Å². The maximum absolute atomic E-state index is 12.6. The molecule has 0 aliphatic carbocycles. The first-order chi connectivity index (χ1) is 17.5. The summed E-state index contributed by atoms with van der Waals surface area (Å²) in [6.45, 7) is 9.87. The van der Waals surface area contributed by atoms with Gasteiger partial charge in [0.1, 0.15) is 6.61 Å². The van der Waals surface area contributed by atoms with Gasteiger partial charge in [0.05, 0.1) is 26.0 Å². The van der Waals surface area contributed by atoms with E-state index < -0.39 is 0 Å². The van der Waals surface area contributed by atoms with E-state index in [0.29, 0.717) is 55.0 Å². The minimum atomic E-state index is -0.350. The van der Waals surface area contributed by atoms with E-state index in [9.17, 15) is 4.79 Å². The fourth-order valence-electron chi connectivity index (χ4n) is 3.32. The number of carbonyl (C=O) groups is 1. The number of nitrogens with zero attached hydrogens (tertiary/aromatic N) is 1. The standard InChI is InChI=1S/C29H34N2O5/c1-5-16-35-25-15-13-24(18-28(25)34-7-3)29(32)31-30-19-23-12-14-26(27(17-23)33-6-2)36-20-22-10-8-21(4)9-11-22/h8-15,17-19H,5-7,16,20H2,1-4H3,(H,31,32)/b30-19+. The van der Waals surface area contributed by atoms with Gasteiger partial charge in [-0.3, -0.25) is 4.79 Å². The van der Waals surface area contributed by atoms with Gasteiger partial charge in [-0.25, -0.2) is 5.43 Å². The van der Waals surface area contributed by atoms with Crippen LogP contribution in [0.15, 0.2) is 65.8 Å². The molecule has 0 atom stereocenters. The molecule has 36 heavy (non-hydrogen) atoms. The molecule has 7 nitrogen and oxygen atoms in total. The summed E-state index contributed by atoms with van der Waals surface area (Å²) in [7, 11) is 0. The van der Waals surface area contributed by atoms with Crippen molar-refractivity contribution in [3.8, 4) is 23.0 Å². The Morgan fingerprint density at radius 2 is 1.47 bits per heavy atom. The van der Waals surface area contributed by atoms with Crippen LogP contribution in [0.2, 0.25) is 0 Å². The first-order valence-electron chi connectivity index (χ1n) is 12.2. The van der Waals surface area contributed by atoms with Crippen LogP contribution in [0.3, 0.4) is 0 Å². The molecule has 0 aliphatic rings. The van der Waals surface area contributed by atoms with Gasteiger partial charge in [0.15, 0.2) is 23.0 Å². The Labute approximate surface area is 213 Å². The normalized spacial score (nSPS) is 10.8. The van der Waals surface area contributed by atoms with Gasteiger partial charge in [-0.1, -0.05) is 36.8 Å². The molecule has 3 aromatic carbocycles. The Bertz CT molecular complexity index is 1160. The van der Waals surface area contributed by atoms with E-state index in [-0.39, 0.29) is 5.91 Å². The first kappa shape index (κ1) is 26.6. The third-order valence-corrected chi connectivity index (χ3v) is 5.13. The number of benzene rings is 3. The van der Waals surface area contributed by atoms with Crippen molar-refractivity contribution in [2.45, 2.75) is 40.7 Å². The lowest BCUT2D eigenvalue weighted by Gasteiger charge is -2.13. The fraction of sp³-hybridized carbons (Fsp3) is 0.310. The lowest BCUT2D eigenvalue weighted by atomic mass is 10.2. The molecule has 0 saturated carbocycles. The van der Waals surface area contributed by atoms with Crippen molar-refractivity contribution in [3.63, 3.8) is 0 Å². The Hall–Kier alpha value is -4.00. The van der Waals surface area contributed by atoms with Gasteiger partial charge < -0.3 is 18.9 Å². The van der Waals surface area contributed by atoms with Gasteiger partial charge in [-0.2, -0.15) is 5.10 Å². The molecule has 0 fully saturated rings. The first-order valence-corrected chi connectivity index (χ1v) is 12.2. The van der Waals surface area contributed by atoms with Crippen LogP contribution in [0.1, 0.15) is 54.2 Å². The molecular formula is C29H34N2O5. The highest BCUT2D eigenvalue weighted by molar-refractivity contribution is 5.95. The lowest BCUT2D eigenvalue weighted by Crippen LogP contribution is -2.17. The number of carbonyl (C=O) groups excluding carboxylic acids is 1. The Balaban J connectivity index is 1.65. The quantitative estimate of drug-likeness (QED) is 0.238. The number of amides is 1. The van der Waals surface area contributed by atoms with E-state index in [1.165, 1.54) is 5.56 Å². The summed E-state index contributed by atoms with van der Waals surface area (Å²) in [6, 6.07) is 18.8. The van der Waals surface area contributed by atoms with Crippen LogP contribution in [0.5, 0.6) is 23.0 Å². The molecular weight excluding hydrogens is 456 g/mol. The van der Waals surface area contributed by atoms with E-state index >= 15 is 0 Å². The predicted octanol–water partition coefficient (Wildman–Crippen LogP) is 5.92. The van der Waals surface area contributed by atoms with E-state index in [1.54, 1.807) is 24.4 Å². The second kappa shape index (κ2) is 13.8. The Morgan fingerprint density at radius 1 is 0.806 bits per heavy atom. The molecule has 1 amide bonds. The Kier molecular flexibility index (Phi) is 10.2. The summed E-state index contributed by atoms with van der Waals surface area (Å²) in [5.74, 6) is 2.06. The van der Waals surface area contributed by atoms with Crippen LogP contribution in [0.4, 0.5) is 0 Å². The molecule has 3 aromatic rings. The number of hydrogen-bond donors (Lipinski definition) is 1. The zero-order valence-electron chi connectivity index (χ0n) is 21.4. The van der Waals surface area contributed by atoms with Crippen molar-refractivity contribution in [2.24, 2.45) is 5.10 Å². The van der Waals surface area contributed by atoms with Gasteiger partial charge in [-0.05, 0) is 74.7 Å². The van der Waals surface area contributed by atoms with Gasteiger partial charge in [-0.15, -0.1) is 0 Å². The zero-order chi connectivity index (χ0) is 25.8. The van der Waals surface area contributed by atoms with Gasteiger partial charge in [0, 0.05) is 5.56 Å². The fourth-order valence-corrected chi connectivity index (χ4v) is 3.32. The third-order valence-electron chi connectivity index (χ3n) is 5.13. The summed E-state index contributed by atoms with van der Waals surface area (Å²) >= 11 is 0. The van der Waals surface area contributed by atoms with Crippen molar-refractivity contribution in [1.29, 1.82) is 0 Å². The molecule has 7 heteroatoms. The number of hydrazone groups is 1. The van der Waals surface area contributed by atoms with Crippen molar-refractivity contribution in [1.82, 2.24) is 5.43 Å². The maximum Gasteiger partial charge on any atom is 0.271 e. The molecule has 0 aromatic heterocycles. The summed E-state index contributed by atoms with van der Waals surface area (Å²) in [6.07, 6.45) is 2.44. The zero-order valence-corrected chi connectivity index (χ0v) is 21.4. The Morgan fingerprint density at radius 3 is 2.17 bits per heavy atom. The topological polar surface area (TPSA) is 78.4 Å². The number of hydrogen-bond acceptors (Lipinski definition) is 6. The second-order valence-electron chi connectivity index (χ2n) is 8.06. The van der Waals surface area contributed by atoms with Crippen LogP contribution in [-0.4, -0.2) is 31.9 Å². The summed E-state index contributed by atoms with van der Waals surface area (Å²) in [5, 5.41) is 4.11. The molecule has 3 rings (SSSR count). The highest BCUT2D eigenvalue weighted by Gasteiger charge is 2.12. The molecule has 190 valence electrons. The number of nitrogens with one attached hydrogen (secondary N) is 1. The largest absolute Gasteiger partial charge is 0.490 e. The van der Waals surface area contributed by atoms with Crippen LogP contribution < -0.4 is 24.4 Å². The number of ether oxygens (including phenoxy) is 4. The average Bonchev–Trinajstić information content (AvgIpc) is 2.88. The van der Waals surface area contributed by atoms with Crippen molar-refractivity contribution in [3.05, 3.63) is 82.9 Å². The van der Waals surface area contributed by atoms with E-state index in [0.717, 1.165) is 17.5 Å². The highest BCUT2D eigenvalue weighted by Crippen LogP contribution is 2.30. The van der Waals surface area contributed by atoms with Crippen LogP contribution in [0, 0.1) is 6.92 Å². The second-order valence-corrected chi connectivity index (χ2v) is 8.06. The van der Waals surface area contributed by atoms with Crippen molar-refractivity contribution >= 4 is 12.1 Å². The van der Waals surface area contributed by atoms with Gasteiger partial charge in [0.25, 0.3) is 5.91 Å². The number of rotatable bonds is 13. The smallest absolute Gasteiger partial charge is 0.271 e. The van der Waals surface area contributed by atoms with Gasteiger partial charge >= 0.3 is 0 Å². The molecule has 0 saturated heterocycles. The van der Waals surface area contributed by atoms with E-state index in [1.807, 2.05) is 51.1 Å². The maximum atomic E-state index is 12.6. The van der Waals surface area contributed by atoms with E-state index in [4.69, 9.17) is 18.9 Å². The number of aryl methyl sites for hydroxylation is 1. The summed E-state index contributed by atoms with van der Waals surface area (Å²) < 4.78 is 23.1. The van der Waals surface area contributed by atoms with Crippen molar-refractivity contribution < 1.29 is 23.7 Å². The molecule has 0 bridgehead atoms. The van der Waals surface area contributed by atoms with Crippen LogP contribution in [-0.2, 0) is 6.61 Å². The molecule has 0 heterocycles. The van der Waals surface area contributed by atoms with Crippen LogP contribution in [0.25, 0.3) is 0 Å². The molecule has 0 spiro atoms. The SMILES string of the molecule is CCCOc1ccc(C(=O)N/N=C/c2ccc(OCc3ccc(C)cc3)c(OCC)c2)cc1OCC. The highest BCUT2D eigenvalue weighted by atomic mass is 16.5. The van der Waals surface area contributed by atoms with E-state index in [2.05, 4.69) is 29.6 Å². The lowest BCUT2D eigenvalue weighted by molar-refractivity contribution is 0.0954. The molecule has 0 radical (unpaired) electrons. The minimum Gasteiger partial charge on any atom is -0.490 e. The van der Waals surface area contributed by atoms with Crippen LogP contribution >= 0.6 is 0 Å².